The van der Waals surface area contributed by atoms with E-state index in [0.717, 1.165) is 5.56 Å². The average Bonchev–Trinajstić information content (AvgIpc) is 2.61. The highest BCUT2D eigenvalue weighted by atomic mass is 19.1. The second-order valence-corrected chi connectivity index (χ2v) is 4.07. The van der Waals surface area contributed by atoms with Gasteiger partial charge < -0.3 is 0 Å². The van der Waals surface area contributed by atoms with Crippen LogP contribution in [0.5, 0.6) is 0 Å². The molecule has 2 rings (SSSR count). The van der Waals surface area contributed by atoms with E-state index < -0.39 is 0 Å². The minimum atomic E-state index is -0.334. The predicted molar refractivity (Wildman–Crippen MR) is 60.5 cm³/mol. The molecule has 0 spiro atoms. The molecule has 0 amide bonds. The molecule has 0 unspecified atom stereocenters. The molecule has 0 saturated carbocycles. The topological polar surface area (TPSA) is 30.7 Å². The molecule has 84 valence electrons. The Bertz CT molecular complexity index is 503. The summed E-state index contributed by atoms with van der Waals surface area (Å²) in [6.07, 6.45) is 3.49. The third-order valence-electron chi connectivity index (χ3n) is 2.43. The van der Waals surface area contributed by atoms with Crippen molar-refractivity contribution in [3.05, 3.63) is 35.9 Å². The molecule has 3 nitrogen and oxygen atoms in total. The summed E-state index contributed by atoms with van der Waals surface area (Å²) in [7, 11) is 0. The van der Waals surface area contributed by atoms with Crippen LogP contribution < -0.4 is 0 Å². The van der Waals surface area contributed by atoms with Crippen molar-refractivity contribution in [1.82, 2.24) is 14.8 Å². The zero-order valence-electron chi connectivity index (χ0n) is 9.61. The van der Waals surface area contributed by atoms with Crippen molar-refractivity contribution in [3.8, 4) is 11.4 Å². The molecular formula is C12H14FN3. The minimum absolute atomic E-state index is 0.263. The van der Waals surface area contributed by atoms with Crippen LogP contribution in [0.4, 0.5) is 4.39 Å². The lowest BCUT2D eigenvalue weighted by atomic mass is 10.2. The summed E-state index contributed by atoms with van der Waals surface area (Å²) in [4.78, 5) is 4.03. The van der Waals surface area contributed by atoms with Gasteiger partial charge in [-0.05, 0) is 38.5 Å². The van der Waals surface area contributed by atoms with Gasteiger partial charge in [-0.25, -0.2) is 4.39 Å². The number of halogens is 1. The summed E-state index contributed by atoms with van der Waals surface area (Å²) in [6.45, 7) is 5.98. The zero-order chi connectivity index (χ0) is 11.7. The lowest BCUT2D eigenvalue weighted by molar-refractivity contribution is 0.532. The van der Waals surface area contributed by atoms with Crippen LogP contribution in [0, 0.1) is 12.7 Å². The summed E-state index contributed by atoms with van der Waals surface area (Å²) < 4.78 is 15.4. The Kier molecular flexibility index (Phi) is 2.73. The molecule has 0 saturated heterocycles. The predicted octanol–water partition coefficient (Wildman–Crippen LogP) is 2.97. The van der Waals surface area contributed by atoms with Crippen molar-refractivity contribution in [1.29, 1.82) is 0 Å². The van der Waals surface area contributed by atoms with Crippen LogP contribution in [0.3, 0.4) is 0 Å². The average molecular weight is 219 g/mol. The Morgan fingerprint density at radius 1 is 1.31 bits per heavy atom. The number of nitrogens with zero attached hydrogens (tertiary/aromatic N) is 3. The van der Waals surface area contributed by atoms with Crippen molar-refractivity contribution >= 4 is 0 Å². The van der Waals surface area contributed by atoms with Crippen LogP contribution in [-0.2, 0) is 0 Å². The van der Waals surface area contributed by atoms with Crippen LogP contribution in [-0.4, -0.2) is 14.8 Å². The molecule has 16 heavy (non-hydrogen) atoms. The molecule has 0 bridgehead atoms. The van der Waals surface area contributed by atoms with Crippen molar-refractivity contribution in [2.24, 2.45) is 0 Å². The Morgan fingerprint density at radius 2 is 2.06 bits per heavy atom. The Hall–Kier alpha value is -1.71. The van der Waals surface area contributed by atoms with Gasteiger partial charge in [0.05, 0.1) is 0 Å². The van der Waals surface area contributed by atoms with Crippen molar-refractivity contribution in [3.63, 3.8) is 0 Å². The molecule has 2 aromatic heterocycles. The third kappa shape index (κ3) is 1.83. The van der Waals surface area contributed by atoms with Gasteiger partial charge in [-0.1, -0.05) is 0 Å². The molecule has 0 atom stereocenters. The van der Waals surface area contributed by atoms with E-state index in [9.17, 15) is 4.39 Å². The highest BCUT2D eigenvalue weighted by molar-refractivity contribution is 5.58. The Balaban J connectivity index is 2.52. The standard InChI is InChI=1S/C12H14FN3/c1-8(2)16-7-9(3)11(15-16)12-10(13)5-4-6-14-12/h4-8H,1-3H3. The second kappa shape index (κ2) is 4.04. The first kappa shape index (κ1) is 10.8. The number of aryl methyl sites for hydroxylation is 1. The van der Waals surface area contributed by atoms with E-state index in [2.05, 4.69) is 10.1 Å². The Morgan fingerprint density at radius 3 is 2.62 bits per heavy atom. The van der Waals surface area contributed by atoms with Crippen LogP contribution in [0.1, 0.15) is 25.5 Å². The second-order valence-electron chi connectivity index (χ2n) is 4.07. The molecule has 0 aliphatic rings. The van der Waals surface area contributed by atoms with Crippen LogP contribution in [0.15, 0.2) is 24.5 Å². The van der Waals surface area contributed by atoms with Gasteiger partial charge in [-0.2, -0.15) is 5.10 Å². The SMILES string of the molecule is Cc1cn(C(C)C)nc1-c1ncccc1F. The quantitative estimate of drug-likeness (QED) is 0.777. The maximum Gasteiger partial charge on any atom is 0.151 e. The molecule has 0 aromatic carbocycles. The largest absolute Gasteiger partial charge is 0.269 e. The first-order valence-electron chi connectivity index (χ1n) is 5.26. The highest BCUT2D eigenvalue weighted by Gasteiger charge is 2.13. The van der Waals surface area contributed by atoms with E-state index in [1.165, 1.54) is 6.07 Å². The smallest absolute Gasteiger partial charge is 0.151 e. The lowest BCUT2D eigenvalue weighted by Gasteiger charge is -2.03. The van der Waals surface area contributed by atoms with E-state index in [0.29, 0.717) is 11.4 Å². The van der Waals surface area contributed by atoms with Gasteiger partial charge in [0.25, 0.3) is 0 Å². The van der Waals surface area contributed by atoms with Gasteiger partial charge in [-0.3, -0.25) is 9.67 Å². The molecule has 0 N–H and O–H groups in total. The fraction of sp³-hybridized carbons (Fsp3) is 0.333. The van der Waals surface area contributed by atoms with E-state index in [4.69, 9.17) is 0 Å². The van der Waals surface area contributed by atoms with E-state index >= 15 is 0 Å². The highest BCUT2D eigenvalue weighted by Crippen LogP contribution is 2.22. The van der Waals surface area contributed by atoms with Gasteiger partial charge >= 0.3 is 0 Å². The van der Waals surface area contributed by atoms with Crippen molar-refractivity contribution in [2.75, 3.05) is 0 Å². The number of hydrogen-bond acceptors (Lipinski definition) is 2. The maximum atomic E-state index is 13.6. The molecule has 2 heterocycles. The van der Waals surface area contributed by atoms with Gasteiger partial charge in [0.15, 0.2) is 5.82 Å². The van der Waals surface area contributed by atoms with Gasteiger partial charge in [0, 0.05) is 18.4 Å². The molecule has 2 aromatic rings. The van der Waals surface area contributed by atoms with Crippen LogP contribution in [0.25, 0.3) is 11.4 Å². The van der Waals surface area contributed by atoms with Crippen LogP contribution in [0.2, 0.25) is 0 Å². The first-order valence-corrected chi connectivity index (χ1v) is 5.26. The Labute approximate surface area is 93.9 Å². The van der Waals surface area contributed by atoms with Crippen molar-refractivity contribution in [2.45, 2.75) is 26.8 Å². The fourth-order valence-electron chi connectivity index (χ4n) is 1.54. The maximum absolute atomic E-state index is 13.6. The number of pyridine rings is 1. The van der Waals surface area contributed by atoms with E-state index in [1.807, 2.05) is 31.6 Å². The summed E-state index contributed by atoms with van der Waals surface area (Å²) in [5.41, 5.74) is 1.87. The molecule has 0 radical (unpaired) electrons. The lowest BCUT2D eigenvalue weighted by Crippen LogP contribution is -2.01. The van der Waals surface area contributed by atoms with E-state index in [1.54, 1.807) is 12.3 Å². The normalized spacial score (nSPS) is 11.1. The molecule has 0 aliphatic carbocycles. The third-order valence-corrected chi connectivity index (χ3v) is 2.43. The first-order chi connectivity index (χ1) is 7.59. The summed E-state index contributed by atoms with van der Waals surface area (Å²) in [5.74, 6) is -0.334. The van der Waals surface area contributed by atoms with Gasteiger partial charge in [-0.15, -0.1) is 0 Å². The van der Waals surface area contributed by atoms with Crippen LogP contribution >= 0.6 is 0 Å². The van der Waals surface area contributed by atoms with E-state index in [-0.39, 0.29) is 11.9 Å². The number of hydrogen-bond donors (Lipinski definition) is 0. The number of rotatable bonds is 2. The summed E-state index contributed by atoms with van der Waals surface area (Å²) in [5, 5.41) is 4.35. The zero-order valence-corrected chi connectivity index (χ0v) is 9.61. The number of aromatic nitrogens is 3. The van der Waals surface area contributed by atoms with Crippen molar-refractivity contribution < 1.29 is 4.39 Å². The molecule has 4 heteroatoms. The van der Waals surface area contributed by atoms with Gasteiger partial charge in [0.2, 0.25) is 0 Å². The van der Waals surface area contributed by atoms with Gasteiger partial charge in [0.1, 0.15) is 11.4 Å². The minimum Gasteiger partial charge on any atom is -0.269 e. The monoisotopic (exact) mass is 219 g/mol. The molecule has 0 fully saturated rings. The fourth-order valence-corrected chi connectivity index (χ4v) is 1.54. The molecule has 0 aliphatic heterocycles. The summed E-state index contributed by atoms with van der Waals surface area (Å²) in [6, 6.07) is 3.24. The molecular weight excluding hydrogens is 205 g/mol. The summed E-state index contributed by atoms with van der Waals surface area (Å²) >= 11 is 0.